The number of benzene rings is 2. The Balaban J connectivity index is 1.40. The van der Waals surface area contributed by atoms with Crippen molar-refractivity contribution in [3.05, 3.63) is 75.8 Å². The lowest BCUT2D eigenvalue weighted by Gasteiger charge is -2.28. The van der Waals surface area contributed by atoms with Gasteiger partial charge in [-0.05, 0) is 42.7 Å². The molecule has 0 aliphatic carbocycles. The molecule has 2 aromatic rings. The van der Waals surface area contributed by atoms with Gasteiger partial charge in [-0.1, -0.05) is 18.2 Å². The summed E-state index contributed by atoms with van der Waals surface area (Å²) in [5.74, 6) is -0.915. The van der Waals surface area contributed by atoms with Gasteiger partial charge in [0.05, 0.1) is 11.0 Å². The monoisotopic (exact) mass is 409 g/mol. The van der Waals surface area contributed by atoms with Crippen LogP contribution < -0.4 is 0 Å². The average molecular weight is 409 g/mol. The predicted molar refractivity (Wildman–Crippen MR) is 104 cm³/mol. The summed E-state index contributed by atoms with van der Waals surface area (Å²) in [5.41, 5.74) is 0.988. The van der Waals surface area contributed by atoms with Gasteiger partial charge < -0.3 is 9.64 Å². The summed E-state index contributed by atoms with van der Waals surface area (Å²) in [6, 6.07) is 12.8. The number of esters is 1. The number of carbonyl (C=O) groups is 3. The Labute approximate surface area is 172 Å². The molecule has 9 nitrogen and oxygen atoms in total. The van der Waals surface area contributed by atoms with Gasteiger partial charge in [-0.25, -0.2) is 9.59 Å². The van der Waals surface area contributed by atoms with Crippen molar-refractivity contribution in [1.82, 2.24) is 9.80 Å². The lowest BCUT2D eigenvalue weighted by molar-refractivity contribution is -0.384. The van der Waals surface area contributed by atoms with Gasteiger partial charge in [-0.3, -0.25) is 19.8 Å². The van der Waals surface area contributed by atoms with E-state index in [0.717, 1.165) is 0 Å². The van der Waals surface area contributed by atoms with Gasteiger partial charge in [0.1, 0.15) is 12.6 Å². The molecule has 0 saturated carbocycles. The number of nitro groups is 1. The molecular formula is C21H19N3O6. The van der Waals surface area contributed by atoms with Crippen LogP contribution in [0.4, 0.5) is 10.5 Å². The Kier molecular flexibility index (Phi) is 5.18. The van der Waals surface area contributed by atoms with E-state index in [-0.39, 0.29) is 24.2 Å². The Morgan fingerprint density at radius 2 is 1.77 bits per heavy atom. The number of hydrogen-bond donors (Lipinski definition) is 0. The number of nitrogens with zero attached hydrogens (tertiary/aromatic N) is 3. The second kappa shape index (κ2) is 7.94. The van der Waals surface area contributed by atoms with Crippen LogP contribution in [0.15, 0.2) is 54.6 Å². The third-order valence-corrected chi connectivity index (χ3v) is 5.41. The van der Waals surface area contributed by atoms with Crippen molar-refractivity contribution in [3.63, 3.8) is 0 Å². The Bertz CT molecular complexity index is 992. The maximum absolute atomic E-state index is 12.9. The third-order valence-electron chi connectivity index (χ3n) is 5.41. The quantitative estimate of drug-likeness (QED) is 0.427. The highest BCUT2D eigenvalue weighted by Gasteiger charge is 2.49. The van der Waals surface area contributed by atoms with Gasteiger partial charge >= 0.3 is 12.0 Å². The van der Waals surface area contributed by atoms with E-state index >= 15 is 0 Å². The molecule has 4 rings (SSSR count). The Morgan fingerprint density at radius 1 is 1.07 bits per heavy atom. The van der Waals surface area contributed by atoms with Gasteiger partial charge in [-0.2, -0.15) is 0 Å². The van der Waals surface area contributed by atoms with E-state index in [4.69, 9.17) is 4.74 Å². The third kappa shape index (κ3) is 3.61. The van der Waals surface area contributed by atoms with Gasteiger partial charge in [0.25, 0.3) is 11.6 Å². The normalized spacial score (nSPS) is 20.2. The average Bonchev–Trinajstić information content (AvgIpc) is 3.02. The first-order chi connectivity index (χ1) is 14.5. The van der Waals surface area contributed by atoms with Crippen LogP contribution in [0.25, 0.3) is 0 Å². The molecule has 2 fully saturated rings. The second-order valence-electron chi connectivity index (χ2n) is 7.25. The number of hydrogen-bond acceptors (Lipinski definition) is 6. The minimum atomic E-state index is -0.750. The molecular weight excluding hydrogens is 390 g/mol. The number of non-ortho nitro benzene ring substituents is 1. The van der Waals surface area contributed by atoms with Gasteiger partial charge in [-0.15, -0.1) is 0 Å². The van der Waals surface area contributed by atoms with E-state index in [0.29, 0.717) is 30.5 Å². The zero-order chi connectivity index (χ0) is 21.3. The summed E-state index contributed by atoms with van der Waals surface area (Å²) in [6.07, 6.45) is 0.937. The molecule has 2 unspecified atom stereocenters. The number of imide groups is 1. The van der Waals surface area contributed by atoms with Gasteiger partial charge in [0.2, 0.25) is 0 Å². The first-order valence-corrected chi connectivity index (χ1v) is 9.55. The van der Waals surface area contributed by atoms with Crippen LogP contribution in [0.3, 0.4) is 0 Å². The molecule has 0 radical (unpaired) electrons. The minimum absolute atomic E-state index is 0.0470. The summed E-state index contributed by atoms with van der Waals surface area (Å²) in [5, 5.41) is 10.7. The number of ether oxygens (including phenoxy) is 1. The van der Waals surface area contributed by atoms with Crippen LogP contribution in [-0.4, -0.2) is 51.3 Å². The first kappa shape index (κ1) is 19.6. The number of urea groups is 1. The van der Waals surface area contributed by atoms with E-state index in [1.165, 1.54) is 34.1 Å². The molecule has 30 heavy (non-hydrogen) atoms. The number of carbonyl (C=O) groups excluding carboxylic acids is 3. The lowest BCUT2D eigenvalue weighted by atomic mass is 10.0. The maximum atomic E-state index is 12.9. The van der Waals surface area contributed by atoms with E-state index in [2.05, 4.69) is 0 Å². The largest absolute Gasteiger partial charge is 0.459 e. The zero-order valence-corrected chi connectivity index (χ0v) is 16.0. The first-order valence-electron chi connectivity index (χ1n) is 9.55. The van der Waals surface area contributed by atoms with Crippen LogP contribution in [0.1, 0.15) is 28.8 Å². The van der Waals surface area contributed by atoms with Crippen LogP contribution in [0.5, 0.6) is 0 Å². The molecule has 0 N–H and O–H groups in total. The highest BCUT2D eigenvalue weighted by atomic mass is 16.6. The SMILES string of the molecule is O=C(OCc1ccc([N+](=O)[O-])cc1)C1CCC2CN1C(=O)N2C(=O)c1ccccc1. The van der Waals surface area contributed by atoms with Crippen LogP contribution in [-0.2, 0) is 16.1 Å². The predicted octanol–water partition coefficient (Wildman–Crippen LogP) is 2.75. The molecule has 0 spiro atoms. The molecule has 2 heterocycles. The van der Waals surface area contributed by atoms with Crippen LogP contribution in [0, 0.1) is 10.1 Å². The molecule has 3 amide bonds. The number of fused-ring (bicyclic) bond motifs is 2. The Morgan fingerprint density at radius 3 is 2.43 bits per heavy atom. The summed E-state index contributed by atoms with van der Waals surface area (Å²) < 4.78 is 5.34. The molecule has 154 valence electrons. The van der Waals surface area contributed by atoms with E-state index in [1.54, 1.807) is 30.3 Å². The lowest BCUT2D eigenvalue weighted by Crippen LogP contribution is -2.45. The van der Waals surface area contributed by atoms with E-state index < -0.39 is 23.0 Å². The van der Waals surface area contributed by atoms with Crippen LogP contribution >= 0.6 is 0 Å². The van der Waals surface area contributed by atoms with Crippen molar-refractivity contribution in [2.24, 2.45) is 0 Å². The molecule has 2 aliphatic heterocycles. The summed E-state index contributed by atoms with van der Waals surface area (Å²) >= 11 is 0. The minimum Gasteiger partial charge on any atom is -0.459 e. The fourth-order valence-corrected chi connectivity index (χ4v) is 3.85. The number of piperidine rings is 1. The second-order valence-corrected chi connectivity index (χ2v) is 7.25. The van der Waals surface area contributed by atoms with Crippen molar-refractivity contribution in [3.8, 4) is 0 Å². The number of amides is 3. The number of rotatable bonds is 5. The van der Waals surface area contributed by atoms with Crippen molar-refractivity contribution in [1.29, 1.82) is 0 Å². The molecule has 2 bridgehead atoms. The summed E-state index contributed by atoms with van der Waals surface area (Å²) in [4.78, 5) is 51.1. The molecule has 9 heteroatoms. The fourth-order valence-electron chi connectivity index (χ4n) is 3.85. The molecule has 2 aromatic carbocycles. The summed E-state index contributed by atoms with van der Waals surface area (Å²) in [6.45, 7) is 0.250. The van der Waals surface area contributed by atoms with Gasteiger partial charge in [0, 0.05) is 24.2 Å². The maximum Gasteiger partial charge on any atom is 0.329 e. The standard InChI is InChI=1S/C21H19N3O6/c25-19(15-4-2-1-3-5-15)23-17-10-11-18(22(12-17)21(23)27)20(26)30-13-14-6-8-16(9-7-14)24(28)29/h1-9,17-18H,10-13H2. The molecule has 2 saturated heterocycles. The number of nitro benzene ring substituents is 1. The Hall–Kier alpha value is -3.75. The molecule has 2 aliphatic rings. The smallest absolute Gasteiger partial charge is 0.329 e. The van der Waals surface area contributed by atoms with Crippen molar-refractivity contribution >= 4 is 23.6 Å². The molecule has 0 aromatic heterocycles. The van der Waals surface area contributed by atoms with Gasteiger partial charge in [0.15, 0.2) is 0 Å². The zero-order valence-electron chi connectivity index (χ0n) is 16.0. The van der Waals surface area contributed by atoms with Crippen molar-refractivity contribution < 1.29 is 24.0 Å². The highest BCUT2D eigenvalue weighted by Crippen LogP contribution is 2.31. The van der Waals surface area contributed by atoms with Crippen molar-refractivity contribution in [2.45, 2.75) is 31.5 Å². The van der Waals surface area contributed by atoms with E-state index in [9.17, 15) is 24.5 Å². The van der Waals surface area contributed by atoms with Crippen LogP contribution in [0.2, 0.25) is 0 Å². The van der Waals surface area contributed by atoms with E-state index in [1.807, 2.05) is 0 Å². The fraction of sp³-hybridized carbons (Fsp3) is 0.286. The highest BCUT2D eigenvalue weighted by molar-refractivity contribution is 6.06. The van der Waals surface area contributed by atoms with Crippen molar-refractivity contribution in [2.75, 3.05) is 6.54 Å². The molecule has 2 atom stereocenters. The topological polar surface area (TPSA) is 110 Å². The summed E-state index contributed by atoms with van der Waals surface area (Å²) in [7, 11) is 0.